The standard InChI is InChI=1S/C10H17N3S2/c1-10(2)7-13(3-4-14-10)9-12-6-8(5-11)15-9/h6H,3-5,7,11H2,1-2H3. The predicted molar refractivity (Wildman–Crippen MR) is 68.8 cm³/mol. The predicted octanol–water partition coefficient (Wildman–Crippen LogP) is 1.93. The summed E-state index contributed by atoms with van der Waals surface area (Å²) >= 11 is 3.76. The Bertz CT molecular complexity index is 335. The topological polar surface area (TPSA) is 42.2 Å². The minimum Gasteiger partial charge on any atom is -0.346 e. The number of aromatic nitrogens is 1. The molecule has 1 aromatic rings. The van der Waals surface area contributed by atoms with Gasteiger partial charge >= 0.3 is 0 Å². The van der Waals surface area contributed by atoms with Crippen molar-refractivity contribution < 1.29 is 0 Å². The Morgan fingerprint density at radius 1 is 1.60 bits per heavy atom. The van der Waals surface area contributed by atoms with Crippen LogP contribution >= 0.6 is 23.1 Å². The van der Waals surface area contributed by atoms with Gasteiger partial charge in [-0.3, -0.25) is 0 Å². The SMILES string of the molecule is CC1(C)CN(c2ncc(CN)s2)CCS1. The maximum absolute atomic E-state index is 5.59. The Hall–Kier alpha value is -0.260. The van der Waals surface area contributed by atoms with Gasteiger partial charge in [0.15, 0.2) is 5.13 Å². The van der Waals surface area contributed by atoms with Gasteiger partial charge in [0.05, 0.1) is 0 Å². The average Bonchev–Trinajstić information content (AvgIpc) is 2.64. The van der Waals surface area contributed by atoms with Crippen molar-refractivity contribution in [2.75, 3.05) is 23.7 Å². The molecule has 0 saturated carbocycles. The van der Waals surface area contributed by atoms with Crippen molar-refractivity contribution in [3.05, 3.63) is 11.1 Å². The zero-order chi connectivity index (χ0) is 10.9. The van der Waals surface area contributed by atoms with E-state index in [-0.39, 0.29) is 0 Å². The van der Waals surface area contributed by atoms with E-state index in [9.17, 15) is 0 Å². The molecule has 0 aliphatic carbocycles. The van der Waals surface area contributed by atoms with E-state index >= 15 is 0 Å². The molecule has 0 atom stereocenters. The molecule has 2 heterocycles. The summed E-state index contributed by atoms with van der Waals surface area (Å²) in [5, 5.41) is 1.13. The quantitative estimate of drug-likeness (QED) is 0.862. The molecule has 1 saturated heterocycles. The van der Waals surface area contributed by atoms with Crippen LogP contribution in [-0.2, 0) is 6.54 Å². The van der Waals surface area contributed by atoms with Crippen LogP contribution in [-0.4, -0.2) is 28.6 Å². The first kappa shape index (κ1) is 11.2. The van der Waals surface area contributed by atoms with Crippen LogP contribution in [0.1, 0.15) is 18.7 Å². The number of thiazole rings is 1. The van der Waals surface area contributed by atoms with Crippen LogP contribution in [0.3, 0.4) is 0 Å². The second-order valence-electron chi connectivity index (χ2n) is 4.34. The highest BCUT2D eigenvalue weighted by molar-refractivity contribution is 8.00. The summed E-state index contributed by atoms with van der Waals surface area (Å²) < 4.78 is 0.340. The summed E-state index contributed by atoms with van der Waals surface area (Å²) in [5.41, 5.74) is 5.59. The molecule has 84 valence electrons. The number of thioether (sulfide) groups is 1. The van der Waals surface area contributed by atoms with Gasteiger partial charge in [-0.15, -0.1) is 11.3 Å². The molecule has 1 aromatic heterocycles. The first-order chi connectivity index (χ1) is 7.11. The molecule has 0 amide bonds. The molecule has 1 aliphatic heterocycles. The maximum Gasteiger partial charge on any atom is 0.185 e. The monoisotopic (exact) mass is 243 g/mol. The van der Waals surface area contributed by atoms with Crippen molar-refractivity contribution in [3.8, 4) is 0 Å². The highest BCUT2D eigenvalue weighted by Crippen LogP contribution is 2.33. The second kappa shape index (κ2) is 4.31. The smallest absolute Gasteiger partial charge is 0.185 e. The van der Waals surface area contributed by atoms with Crippen LogP contribution in [0, 0.1) is 0 Å². The number of rotatable bonds is 2. The first-order valence-corrected chi connectivity index (χ1v) is 6.95. The van der Waals surface area contributed by atoms with Crippen molar-refractivity contribution >= 4 is 28.2 Å². The molecule has 15 heavy (non-hydrogen) atoms. The molecule has 0 spiro atoms. The van der Waals surface area contributed by atoms with Crippen LogP contribution in [0.5, 0.6) is 0 Å². The number of anilines is 1. The van der Waals surface area contributed by atoms with Gasteiger partial charge in [-0.2, -0.15) is 11.8 Å². The number of nitrogens with two attached hydrogens (primary N) is 1. The third-order valence-corrected chi connectivity index (χ3v) is 4.82. The van der Waals surface area contributed by atoms with E-state index in [1.165, 1.54) is 10.6 Å². The van der Waals surface area contributed by atoms with Crippen molar-refractivity contribution in [1.29, 1.82) is 0 Å². The minimum absolute atomic E-state index is 0.340. The fourth-order valence-electron chi connectivity index (χ4n) is 1.72. The Balaban J connectivity index is 2.10. The fourth-order valence-corrected chi connectivity index (χ4v) is 3.64. The third kappa shape index (κ3) is 2.65. The van der Waals surface area contributed by atoms with Crippen LogP contribution in [0.15, 0.2) is 6.20 Å². The van der Waals surface area contributed by atoms with Crippen molar-refractivity contribution in [2.24, 2.45) is 5.73 Å². The second-order valence-corrected chi connectivity index (χ2v) is 7.24. The zero-order valence-electron chi connectivity index (χ0n) is 9.19. The molecule has 0 bridgehead atoms. The largest absolute Gasteiger partial charge is 0.346 e. The summed E-state index contributed by atoms with van der Waals surface area (Å²) in [6.07, 6.45) is 1.90. The molecule has 1 aliphatic rings. The molecule has 0 unspecified atom stereocenters. The van der Waals surface area contributed by atoms with E-state index < -0.39 is 0 Å². The van der Waals surface area contributed by atoms with Gasteiger partial charge in [0.25, 0.3) is 0 Å². The fraction of sp³-hybridized carbons (Fsp3) is 0.700. The molecule has 3 nitrogen and oxygen atoms in total. The summed E-state index contributed by atoms with van der Waals surface area (Å²) in [6.45, 7) is 7.37. The van der Waals surface area contributed by atoms with Gasteiger partial charge in [-0.25, -0.2) is 4.98 Å². The Morgan fingerprint density at radius 3 is 3.00 bits per heavy atom. The summed E-state index contributed by atoms with van der Waals surface area (Å²) in [5.74, 6) is 1.19. The Labute approximate surface area is 99.1 Å². The van der Waals surface area contributed by atoms with Gasteiger partial charge < -0.3 is 10.6 Å². The van der Waals surface area contributed by atoms with Gasteiger partial charge in [-0.05, 0) is 13.8 Å². The van der Waals surface area contributed by atoms with Crippen LogP contribution in [0.2, 0.25) is 0 Å². The average molecular weight is 243 g/mol. The Kier molecular flexibility index (Phi) is 3.23. The lowest BCUT2D eigenvalue weighted by atomic mass is 10.2. The maximum atomic E-state index is 5.59. The highest BCUT2D eigenvalue weighted by atomic mass is 32.2. The Morgan fingerprint density at radius 2 is 2.40 bits per heavy atom. The molecule has 1 fully saturated rings. The minimum atomic E-state index is 0.340. The van der Waals surface area contributed by atoms with E-state index in [1.807, 2.05) is 18.0 Å². The van der Waals surface area contributed by atoms with Crippen molar-refractivity contribution in [3.63, 3.8) is 0 Å². The van der Waals surface area contributed by atoms with Gasteiger partial charge in [0.1, 0.15) is 0 Å². The van der Waals surface area contributed by atoms with Crippen LogP contribution in [0.4, 0.5) is 5.13 Å². The van der Waals surface area contributed by atoms with E-state index in [4.69, 9.17) is 5.73 Å². The van der Waals surface area contributed by atoms with Crippen molar-refractivity contribution in [2.45, 2.75) is 25.1 Å². The van der Waals surface area contributed by atoms with Crippen LogP contribution < -0.4 is 10.6 Å². The summed E-state index contributed by atoms with van der Waals surface area (Å²) in [7, 11) is 0. The molecule has 2 rings (SSSR count). The molecule has 2 N–H and O–H groups in total. The lowest BCUT2D eigenvalue weighted by Crippen LogP contribution is -2.43. The van der Waals surface area contributed by atoms with Gasteiger partial charge in [0, 0.05) is 41.2 Å². The third-order valence-electron chi connectivity index (χ3n) is 2.44. The van der Waals surface area contributed by atoms with Gasteiger partial charge in [0.2, 0.25) is 0 Å². The summed E-state index contributed by atoms with van der Waals surface area (Å²) in [6, 6.07) is 0. The molecule has 0 aromatic carbocycles. The van der Waals surface area contributed by atoms with E-state index in [2.05, 4.69) is 23.7 Å². The zero-order valence-corrected chi connectivity index (χ0v) is 10.8. The molecule has 5 heteroatoms. The number of hydrogen-bond donors (Lipinski definition) is 1. The molecule has 0 radical (unpaired) electrons. The number of hydrogen-bond acceptors (Lipinski definition) is 5. The lowest BCUT2D eigenvalue weighted by Gasteiger charge is -2.37. The highest BCUT2D eigenvalue weighted by Gasteiger charge is 2.28. The molecular formula is C10H17N3S2. The number of nitrogens with zero attached hydrogens (tertiary/aromatic N) is 2. The summed E-state index contributed by atoms with van der Waals surface area (Å²) in [4.78, 5) is 7.97. The van der Waals surface area contributed by atoms with Crippen molar-refractivity contribution in [1.82, 2.24) is 4.98 Å². The lowest BCUT2D eigenvalue weighted by molar-refractivity contribution is 0.646. The first-order valence-electron chi connectivity index (χ1n) is 5.14. The van der Waals surface area contributed by atoms with Gasteiger partial charge in [-0.1, -0.05) is 0 Å². The molecular weight excluding hydrogens is 226 g/mol. The van der Waals surface area contributed by atoms with E-state index in [0.717, 1.165) is 18.2 Å². The van der Waals surface area contributed by atoms with E-state index in [1.54, 1.807) is 11.3 Å². The normalized spacial score (nSPS) is 20.6. The van der Waals surface area contributed by atoms with Crippen LogP contribution in [0.25, 0.3) is 0 Å². The van der Waals surface area contributed by atoms with E-state index in [0.29, 0.717) is 11.3 Å².